The Hall–Kier alpha value is -2.21. The van der Waals surface area contributed by atoms with E-state index in [-0.39, 0.29) is 12.3 Å². The smallest absolute Gasteiger partial charge is 0.249 e. The maximum Gasteiger partial charge on any atom is 0.249 e. The van der Waals surface area contributed by atoms with Crippen molar-refractivity contribution in [2.75, 3.05) is 20.3 Å². The van der Waals surface area contributed by atoms with Crippen LogP contribution in [0.4, 0.5) is 0 Å². The van der Waals surface area contributed by atoms with Gasteiger partial charge < -0.3 is 10.1 Å². The van der Waals surface area contributed by atoms with Crippen LogP contribution in [0, 0.1) is 0 Å². The van der Waals surface area contributed by atoms with Crippen LogP contribution in [-0.4, -0.2) is 38.3 Å². The molecule has 0 radical (unpaired) electrons. The summed E-state index contributed by atoms with van der Waals surface area (Å²) < 4.78 is 4.87. The predicted octanol–water partition coefficient (Wildman–Crippen LogP) is 1.80. The monoisotopic (exact) mass is 319 g/mol. The van der Waals surface area contributed by atoms with Gasteiger partial charge in [0.05, 0.1) is 6.21 Å². The van der Waals surface area contributed by atoms with Crippen LogP contribution >= 0.6 is 0 Å². The van der Waals surface area contributed by atoms with Crippen LogP contribution in [0.15, 0.2) is 29.4 Å². The molecule has 1 rings (SSSR count). The molecular formula is C17H25N3O3. The normalized spacial score (nSPS) is 11.0. The minimum atomic E-state index is -0.440. The Labute approximate surface area is 137 Å². The average Bonchev–Trinajstić information content (AvgIpc) is 2.52. The lowest BCUT2D eigenvalue weighted by molar-refractivity contribution is -0.129. The molecule has 0 heterocycles. The minimum Gasteiger partial charge on any atom is -0.385 e. The van der Waals surface area contributed by atoms with Crippen molar-refractivity contribution in [1.82, 2.24) is 10.7 Å². The van der Waals surface area contributed by atoms with E-state index in [2.05, 4.69) is 29.7 Å². The highest BCUT2D eigenvalue weighted by atomic mass is 16.5. The molecule has 0 aromatic heterocycles. The quantitative estimate of drug-likeness (QED) is 0.315. The Morgan fingerprint density at radius 1 is 1.22 bits per heavy atom. The van der Waals surface area contributed by atoms with E-state index in [0.717, 1.165) is 5.56 Å². The summed E-state index contributed by atoms with van der Waals surface area (Å²) in [5.41, 5.74) is 4.48. The zero-order valence-electron chi connectivity index (χ0n) is 14.0. The van der Waals surface area contributed by atoms with Crippen LogP contribution in [0.2, 0.25) is 0 Å². The van der Waals surface area contributed by atoms with Crippen LogP contribution in [0.5, 0.6) is 0 Å². The van der Waals surface area contributed by atoms with Crippen LogP contribution in [0.3, 0.4) is 0 Å². The molecule has 23 heavy (non-hydrogen) atoms. The second kappa shape index (κ2) is 10.5. The maximum absolute atomic E-state index is 11.6. The maximum atomic E-state index is 11.6. The molecular weight excluding hydrogens is 294 g/mol. The average molecular weight is 319 g/mol. The molecule has 1 aromatic rings. The standard InChI is InChI=1S/C17H25N3O3/c1-13(2)15-7-5-14(6-8-15)12-19-20-17(22)11-16(21)18-9-4-10-23-3/h5-8,12-13H,4,9-11H2,1-3H3,(H,18,21)(H,20,22)/b19-12-. The van der Waals surface area contributed by atoms with Gasteiger partial charge in [0.2, 0.25) is 11.8 Å². The van der Waals surface area contributed by atoms with Crippen molar-refractivity contribution < 1.29 is 14.3 Å². The number of methoxy groups -OCH3 is 1. The largest absolute Gasteiger partial charge is 0.385 e. The van der Waals surface area contributed by atoms with Crippen molar-refractivity contribution in [3.8, 4) is 0 Å². The number of rotatable bonds is 9. The molecule has 0 atom stereocenters. The molecule has 2 amide bonds. The highest BCUT2D eigenvalue weighted by Gasteiger charge is 2.07. The molecule has 0 saturated carbocycles. The third-order valence-corrected chi connectivity index (χ3v) is 3.17. The first kappa shape index (κ1) is 18.8. The molecule has 0 fully saturated rings. The van der Waals surface area contributed by atoms with Crippen molar-refractivity contribution in [3.63, 3.8) is 0 Å². The van der Waals surface area contributed by atoms with Crippen LogP contribution < -0.4 is 10.7 Å². The molecule has 0 unspecified atom stereocenters. The number of carbonyl (C=O) groups excluding carboxylic acids is 2. The summed E-state index contributed by atoms with van der Waals surface area (Å²) in [6.45, 7) is 5.32. The highest BCUT2D eigenvalue weighted by molar-refractivity contribution is 5.97. The number of hydrogen-bond donors (Lipinski definition) is 2. The van der Waals surface area contributed by atoms with Gasteiger partial charge in [-0.3, -0.25) is 9.59 Å². The van der Waals surface area contributed by atoms with Gasteiger partial charge in [0, 0.05) is 20.3 Å². The molecule has 0 aliphatic heterocycles. The van der Waals surface area contributed by atoms with E-state index >= 15 is 0 Å². The lowest BCUT2D eigenvalue weighted by Gasteiger charge is -2.05. The molecule has 6 heteroatoms. The summed E-state index contributed by atoms with van der Waals surface area (Å²) in [5, 5.41) is 6.50. The van der Waals surface area contributed by atoms with Crippen LogP contribution in [0.1, 0.15) is 43.7 Å². The second-order valence-electron chi connectivity index (χ2n) is 5.49. The van der Waals surface area contributed by atoms with Gasteiger partial charge in [-0.1, -0.05) is 38.1 Å². The van der Waals surface area contributed by atoms with Gasteiger partial charge in [0.1, 0.15) is 6.42 Å². The zero-order valence-corrected chi connectivity index (χ0v) is 14.0. The Balaban J connectivity index is 2.30. The van der Waals surface area contributed by atoms with Crippen LogP contribution in [0.25, 0.3) is 0 Å². The SMILES string of the molecule is COCCCNC(=O)CC(=O)N/N=C\c1ccc(C(C)C)cc1. The number of benzene rings is 1. The van der Waals surface area contributed by atoms with Crippen molar-refractivity contribution in [2.45, 2.75) is 32.6 Å². The van der Waals surface area contributed by atoms with Crippen molar-refractivity contribution in [1.29, 1.82) is 0 Å². The van der Waals surface area contributed by atoms with E-state index in [0.29, 0.717) is 25.5 Å². The fourth-order valence-electron chi connectivity index (χ4n) is 1.84. The molecule has 0 spiro atoms. The van der Waals surface area contributed by atoms with E-state index < -0.39 is 5.91 Å². The molecule has 6 nitrogen and oxygen atoms in total. The topological polar surface area (TPSA) is 79.8 Å². The Morgan fingerprint density at radius 2 is 1.91 bits per heavy atom. The molecule has 0 aliphatic rings. The Morgan fingerprint density at radius 3 is 2.52 bits per heavy atom. The molecule has 0 saturated heterocycles. The Bertz CT molecular complexity index is 524. The number of hydrogen-bond acceptors (Lipinski definition) is 4. The minimum absolute atomic E-state index is 0.239. The van der Waals surface area contributed by atoms with Crippen LogP contribution in [-0.2, 0) is 14.3 Å². The van der Waals surface area contributed by atoms with E-state index in [1.807, 2.05) is 24.3 Å². The van der Waals surface area contributed by atoms with Gasteiger partial charge in [-0.05, 0) is 23.5 Å². The summed E-state index contributed by atoms with van der Waals surface area (Å²) in [6, 6.07) is 7.93. The fraction of sp³-hybridized carbons (Fsp3) is 0.471. The lowest BCUT2D eigenvalue weighted by atomic mass is 10.0. The third-order valence-electron chi connectivity index (χ3n) is 3.17. The summed E-state index contributed by atoms with van der Waals surface area (Å²) in [4.78, 5) is 23.1. The molecule has 1 aromatic carbocycles. The first-order valence-electron chi connectivity index (χ1n) is 7.70. The fourth-order valence-corrected chi connectivity index (χ4v) is 1.84. The molecule has 2 N–H and O–H groups in total. The van der Waals surface area contributed by atoms with E-state index in [4.69, 9.17) is 4.74 Å². The van der Waals surface area contributed by atoms with Crippen molar-refractivity contribution >= 4 is 18.0 Å². The number of ether oxygens (including phenoxy) is 1. The number of amides is 2. The summed E-state index contributed by atoms with van der Waals surface area (Å²) in [6.07, 6.45) is 2.03. The van der Waals surface area contributed by atoms with Gasteiger partial charge in [-0.25, -0.2) is 5.43 Å². The predicted molar refractivity (Wildman–Crippen MR) is 90.4 cm³/mol. The highest BCUT2D eigenvalue weighted by Crippen LogP contribution is 2.13. The molecule has 0 bridgehead atoms. The lowest BCUT2D eigenvalue weighted by Crippen LogP contribution is -2.30. The first-order valence-corrected chi connectivity index (χ1v) is 7.70. The van der Waals surface area contributed by atoms with E-state index in [9.17, 15) is 9.59 Å². The number of hydrazone groups is 1. The van der Waals surface area contributed by atoms with Gasteiger partial charge >= 0.3 is 0 Å². The summed E-state index contributed by atoms with van der Waals surface area (Å²) in [7, 11) is 1.60. The van der Waals surface area contributed by atoms with Gasteiger partial charge in [0.25, 0.3) is 0 Å². The zero-order chi connectivity index (χ0) is 17.1. The second-order valence-corrected chi connectivity index (χ2v) is 5.49. The number of nitrogens with one attached hydrogen (secondary N) is 2. The van der Waals surface area contributed by atoms with Crippen molar-refractivity contribution in [2.24, 2.45) is 5.10 Å². The summed E-state index contributed by atoms with van der Waals surface area (Å²) >= 11 is 0. The molecule has 0 aliphatic carbocycles. The van der Waals surface area contributed by atoms with Gasteiger partial charge in [-0.2, -0.15) is 5.10 Å². The summed E-state index contributed by atoms with van der Waals surface area (Å²) in [5.74, 6) is -0.289. The Kier molecular flexibility index (Phi) is 8.60. The van der Waals surface area contributed by atoms with Crippen molar-refractivity contribution in [3.05, 3.63) is 35.4 Å². The van der Waals surface area contributed by atoms with Gasteiger partial charge in [-0.15, -0.1) is 0 Å². The van der Waals surface area contributed by atoms with E-state index in [1.165, 1.54) is 5.56 Å². The van der Waals surface area contributed by atoms with E-state index in [1.54, 1.807) is 13.3 Å². The first-order chi connectivity index (χ1) is 11.0. The number of carbonyl (C=O) groups is 2. The number of nitrogens with zero attached hydrogens (tertiary/aromatic N) is 1. The molecule has 126 valence electrons. The van der Waals surface area contributed by atoms with Gasteiger partial charge in [0.15, 0.2) is 0 Å². The third kappa shape index (κ3) is 8.11.